The number of hydrogen-bond donors (Lipinski definition) is 2. The molecule has 0 saturated heterocycles. The number of nitrogen functional groups attached to an aromatic ring is 1. The van der Waals surface area contributed by atoms with E-state index in [0.717, 1.165) is 4.47 Å². The fourth-order valence-corrected chi connectivity index (χ4v) is 1.35. The molecule has 15 heavy (non-hydrogen) atoms. The highest BCUT2D eigenvalue weighted by Gasteiger charge is 2.06. The van der Waals surface area contributed by atoms with Gasteiger partial charge in [0.05, 0.1) is 6.10 Å². The molecule has 0 fully saturated rings. The van der Waals surface area contributed by atoms with Gasteiger partial charge in [-0.15, -0.1) is 0 Å². The number of rotatable bonds is 2. The molecule has 0 unspecified atom stereocenters. The Morgan fingerprint density at radius 2 is 2.20 bits per heavy atom. The molecule has 0 radical (unpaired) electrons. The molecule has 1 amide bonds. The van der Waals surface area contributed by atoms with Crippen molar-refractivity contribution in [2.45, 2.75) is 20.0 Å². The van der Waals surface area contributed by atoms with Gasteiger partial charge in [-0.3, -0.25) is 5.32 Å². The first-order chi connectivity index (χ1) is 6.99. The Morgan fingerprint density at radius 1 is 1.53 bits per heavy atom. The highest BCUT2D eigenvalue weighted by atomic mass is 79.9. The van der Waals surface area contributed by atoms with Crippen LogP contribution in [0.3, 0.4) is 0 Å². The first-order valence-electron chi connectivity index (χ1n) is 4.51. The van der Waals surface area contributed by atoms with Crippen molar-refractivity contribution >= 4 is 33.4 Å². The van der Waals surface area contributed by atoms with Gasteiger partial charge in [-0.1, -0.05) is 0 Å². The Labute approximate surface area is 96.9 Å². The van der Waals surface area contributed by atoms with Crippen molar-refractivity contribution in [3.05, 3.63) is 22.7 Å². The Morgan fingerprint density at radius 3 is 2.73 bits per heavy atom. The number of carbonyl (C=O) groups is 1. The van der Waals surface area contributed by atoms with E-state index in [4.69, 9.17) is 10.5 Å². The topological polar surface area (TPSA) is 64.3 Å². The van der Waals surface area contributed by atoms with E-state index in [2.05, 4.69) is 21.2 Å². The third-order valence-electron chi connectivity index (χ3n) is 1.59. The lowest BCUT2D eigenvalue weighted by molar-refractivity contribution is 0.130. The van der Waals surface area contributed by atoms with Crippen LogP contribution < -0.4 is 11.1 Å². The zero-order valence-corrected chi connectivity index (χ0v) is 10.2. The maximum absolute atomic E-state index is 11.2. The predicted octanol–water partition coefficient (Wildman–Crippen LogP) is 2.99. The number of anilines is 2. The van der Waals surface area contributed by atoms with Crippen molar-refractivity contribution in [1.29, 1.82) is 0 Å². The van der Waals surface area contributed by atoms with Crippen molar-refractivity contribution in [3.63, 3.8) is 0 Å². The number of hydrogen-bond acceptors (Lipinski definition) is 3. The summed E-state index contributed by atoms with van der Waals surface area (Å²) in [6.07, 6.45) is -0.608. The van der Waals surface area contributed by atoms with Crippen molar-refractivity contribution < 1.29 is 9.53 Å². The Kier molecular flexibility index (Phi) is 3.96. The van der Waals surface area contributed by atoms with Gasteiger partial charge in [0.15, 0.2) is 0 Å². The molecule has 3 N–H and O–H groups in total. The molecule has 0 aromatic heterocycles. The van der Waals surface area contributed by atoms with E-state index in [1.807, 2.05) is 0 Å². The van der Waals surface area contributed by atoms with Gasteiger partial charge in [-0.2, -0.15) is 0 Å². The smallest absolute Gasteiger partial charge is 0.411 e. The van der Waals surface area contributed by atoms with Crippen LogP contribution in [0, 0.1) is 0 Å². The average molecular weight is 273 g/mol. The van der Waals surface area contributed by atoms with E-state index in [9.17, 15) is 4.79 Å². The van der Waals surface area contributed by atoms with E-state index in [1.165, 1.54) is 0 Å². The Balaban J connectivity index is 2.65. The maximum Gasteiger partial charge on any atom is 0.411 e. The van der Waals surface area contributed by atoms with Crippen LogP contribution in [0.25, 0.3) is 0 Å². The van der Waals surface area contributed by atoms with Gasteiger partial charge < -0.3 is 10.5 Å². The zero-order valence-electron chi connectivity index (χ0n) is 8.58. The second-order valence-electron chi connectivity index (χ2n) is 3.32. The summed E-state index contributed by atoms with van der Waals surface area (Å²) in [7, 11) is 0. The maximum atomic E-state index is 11.2. The SMILES string of the molecule is CC(C)OC(=O)Nc1ccc(N)c(Br)c1. The summed E-state index contributed by atoms with van der Waals surface area (Å²) in [5, 5.41) is 2.59. The van der Waals surface area contributed by atoms with E-state index in [0.29, 0.717) is 11.4 Å². The van der Waals surface area contributed by atoms with Gasteiger partial charge >= 0.3 is 6.09 Å². The molecular weight excluding hydrogens is 260 g/mol. The number of nitrogens with one attached hydrogen (secondary N) is 1. The van der Waals surface area contributed by atoms with Crippen molar-refractivity contribution in [1.82, 2.24) is 0 Å². The van der Waals surface area contributed by atoms with Crippen molar-refractivity contribution in [3.8, 4) is 0 Å². The first-order valence-corrected chi connectivity index (χ1v) is 5.31. The molecule has 1 aromatic carbocycles. The van der Waals surface area contributed by atoms with Crippen LogP contribution in [0.5, 0.6) is 0 Å². The molecule has 1 aromatic rings. The van der Waals surface area contributed by atoms with Crippen LogP contribution in [-0.2, 0) is 4.74 Å². The van der Waals surface area contributed by atoms with Crippen LogP contribution in [-0.4, -0.2) is 12.2 Å². The van der Waals surface area contributed by atoms with Gasteiger partial charge in [0.25, 0.3) is 0 Å². The number of halogens is 1. The minimum atomic E-state index is -0.471. The second-order valence-corrected chi connectivity index (χ2v) is 4.17. The number of amides is 1. The van der Waals surface area contributed by atoms with Gasteiger partial charge in [-0.25, -0.2) is 4.79 Å². The summed E-state index contributed by atoms with van der Waals surface area (Å²) in [5.74, 6) is 0. The molecule has 0 aliphatic carbocycles. The van der Waals surface area contributed by atoms with E-state index in [1.54, 1.807) is 32.0 Å². The zero-order chi connectivity index (χ0) is 11.4. The minimum absolute atomic E-state index is 0.137. The quantitative estimate of drug-likeness (QED) is 0.814. The highest BCUT2D eigenvalue weighted by Crippen LogP contribution is 2.23. The number of nitrogens with two attached hydrogens (primary N) is 1. The van der Waals surface area contributed by atoms with Crippen LogP contribution in [0.2, 0.25) is 0 Å². The fourth-order valence-electron chi connectivity index (χ4n) is 0.966. The summed E-state index contributed by atoms with van der Waals surface area (Å²) in [5.41, 5.74) is 6.87. The summed E-state index contributed by atoms with van der Waals surface area (Å²) >= 11 is 3.27. The van der Waals surface area contributed by atoms with Gasteiger partial charge in [0.1, 0.15) is 0 Å². The van der Waals surface area contributed by atoms with Crippen molar-refractivity contribution in [2.75, 3.05) is 11.1 Å². The van der Waals surface area contributed by atoms with Gasteiger partial charge in [0.2, 0.25) is 0 Å². The fraction of sp³-hybridized carbons (Fsp3) is 0.300. The molecule has 0 bridgehead atoms. The predicted molar refractivity (Wildman–Crippen MR) is 63.8 cm³/mol. The molecular formula is C10H13BrN2O2. The van der Waals surface area contributed by atoms with Crippen molar-refractivity contribution in [2.24, 2.45) is 0 Å². The normalized spacial score (nSPS) is 10.1. The number of benzene rings is 1. The van der Waals surface area contributed by atoms with E-state index in [-0.39, 0.29) is 6.10 Å². The molecule has 0 atom stereocenters. The second kappa shape index (κ2) is 5.02. The van der Waals surface area contributed by atoms with Gasteiger partial charge in [-0.05, 0) is 48.0 Å². The lowest BCUT2D eigenvalue weighted by Crippen LogP contribution is -2.17. The monoisotopic (exact) mass is 272 g/mol. The van der Waals surface area contributed by atoms with Crippen LogP contribution in [0.1, 0.15) is 13.8 Å². The molecule has 0 aliphatic rings. The Hall–Kier alpha value is -1.23. The average Bonchev–Trinajstić information content (AvgIpc) is 2.10. The molecule has 0 saturated carbocycles. The molecule has 0 spiro atoms. The van der Waals surface area contributed by atoms with E-state index < -0.39 is 6.09 Å². The third-order valence-corrected chi connectivity index (χ3v) is 2.28. The van der Waals surface area contributed by atoms with Crippen LogP contribution in [0.15, 0.2) is 22.7 Å². The lowest BCUT2D eigenvalue weighted by atomic mass is 10.3. The van der Waals surface area contributed by atoms with Gasteiger partial charge in [0, 0.05) is 15.8 Å². The standard InChI is InChI=1S/C10H13BrN2O2/c1-6(2)15-10(14)13-7-3-4-9(12)8(11)5-7/h3-6H,12H2,1-2H3,(H,13,14). The molecule has 4 nitrogen and oxygen atoms in total. The minimum Gasteiger partial charge on any atom is -0.447 e. The Bertz CT molecular complexity index is 366. The summed E-state index contributed by atoms with van der Waals surface area (Å²) < 4.78 is 5.67. The molecule has 82 valence electrons. The first kappa shape index (κ1) is 11.8. The summed E-state index contributed by atoms with van der Waals surface area (Å²) in [6, 6.07) is 5.13. The van der Waals surface area contributed by atoms with Crippen LogP contribution in [0.4, 0.5) is 16.2 Å². The molecule has 5 heteroatoms. The lowest BCUT2D eigenvalue weighted by Gasteiger charge is -2.10. The highest BCUT2D eigenvalue weighted by molar-refractivity contribution is 9.10. The van der Waals surface area contributed by atoms with E-state index >= 15 is 0 Å². The molecule has 0 heterocycles. The molecule has 0 aliphatic heterocycles. The largest absolute Gasteiger partial charge is 0.447 e. The third kappa shape index (κ3) is 3.79. The molecule has 1 rings (SSSR count). The summed E-state index contributed by atoms with van der Waals surface area (Å²) in [6.45, 7) is 3.58. The summed E-state index contributed by atoms with van der Waals surface area (Å²) in [4.78, 5) is 11.2. The number of carbonyl (C=O) groups excluding carboxylic acids is 1. The number of ether oxygens (including phenoxy) is 1. The van der Waals surface area contributed by atoms with Crippen LogP contribution >= 0.6 is 15.9 Å².